The maximum atomic E-state index is 12.2. The third-order valence-electron chi connectivity index (χ3n) is 3.99. The zero-order valence-corrected chi connectivity index (χ0v) is 13.7. The van der Waals surface area contributed by atoms with Crippen molar-refractivity contribution in [1.29, 1.82) is 0 Å². The molecule has 7 nitrogen and oxygen atoms in total. The van der Waals surface area contributed by atoms with Crippen LogP contribution in [-0.4, -0.2) is 27.4 Å². The maximum Gasteiger partial charge on any atom is 0.220 e. The molecule has 0 saturated carbocycles. The number of nitrogens with zero attached hydrogens (tertiary/aromatic N) is 3. The van der Waals surface area contributed by atoms with Crippen LogP contribution in [0.25, 0.3) is 0 Å². The van der Waals surface area contributed by atoms with E-state index in [2.05, 4.69) is 15.6 Å². The Balaban J connectivity index is 1.58. The second-order valence-electron chi connectivity index (χ2n) is 5.62. The number of rotatable bonds is 7. The molecular weight excluding hydrogens is 308 g/mol. The first-order valence-corrected chi connectivity index (χ1v) is 7.86. The Morgan fingerprint density at radius 3 is 2.88 bits per heavy atom. The number of amides is 1. The summed E-state index contributed by atoms with van der Waals surface area (Å²) in [5.41, 5.74) is 1.84. The molecule has 1 N–H and O–H groups in total. The van der Waals surface area contributed by atoms with Gasteiger partial charge in [-0.3, -0.25) is 9.48 Å². The molecule has 0 aromatic carbocycles. The fourth-order valence-corrected chi connectivity index (χ4v) is 2.67. The van der Waals surface area contributed by atoms with E-state index in [1.807, 2.05) is 38.2 Å². The molecule has 0 fully saturated rings. The second-order valence-corrected chi connectivity index (χ2v) is 5.62. The van der Waals surface area contributed by atoms with E-state index >= 15 is 0 Å². The fraction of sp³-hybridized carbons (Fsp3) is 0.353. The molecule has 0 saturated heterocycles. The lowest BCUT2D eigenvalue weighted by atomic mass is 10.1. The van der Waals surface area contributed by atoms with Gasteiger partial charge in [-0.05, 0) is 38.5 Å². The lowest BCUT2D eigenvalue weighted by Crippen LogP contribution is -2.31. The summed E-state index contributed by atoms with van der Waals surface area (Å²) in [4.78, 5) is 12.2. The molecule has 0 aliphatic carbocycles. The van der Waals surface area contributed by atoms with Gasteiger partial charge in [-0.1, -0.05) is 5.16 Å². The monoisotopic (exact) mass is 328 g/mol. The first-order chi connectivity index (χ1) is 11.6. The van der Waals surface area contributed by atoms with Gasteiger partial charge in [0.15, 0.2) is 0 Å². The van der Waals surface area contributed by atoms with Crippen LogP contribution in [0.5, 0.6) is 0 Å². The molecule has 1 amide bonds. The lowest BCUT2D eigenvalue weighted by molar-refractivity contribution is -0.121. The average Bonchev–Trinajstić information content (AvgIpc) is 3.31. The molecule has 3 heterocycles. The second kappa shape index (κ2) is 7.16. The maximum absolute atomic E-state index is 12.2. The van der Waals surface area contributed by atoms with Crippen molar-refractivity contribution in [3.63, 3.8) is 0 Å². The highest BCUT2D eigenvalue weighted by atomic mass is 16.5. The van der Waals surface area contributed by atoms with Crippen molar-refractivity contribution in [3.05, 3.63) is 59.6 Å². The Labute approximate surface area is 139 Å². The summed E-state index contributed by atoms with van der Waals surface area (Å²) >= 11 is 0. The molecule has 24 heavy (non-hydrogen) atoms. The summed E-state index contributed by atoms with van der Waals surface area (Å²) < 4.78 is 12.4. The molecule has 0 aliphatic heterocycles. The number of hydrogen-bond acceptors (Lipinski definition) is 5. The zero-order valence-electron chi connectivity index (χ0n) is 13.7. The minimum Gasteiger partial charge on any atom is -0.467 e. The van der Waals surface area contributed by atoms with Crippen LogP contribution in [0, 0.1) is 13.8 Å². The van der Waals surface area contributed by atoms with Crippen molar-refractivity contribution in [2.45, 2.75) is 32.7 Å². The number of carbonyl (C=O) groups excluding carboxylic acids is 1. The van der Waals surface area contributed by atoms with E-state index < -0.39 is 0 Å². The Morgan fingerprint density at radius 1 is 1.38 bits per heavy atom. The van der Waals surface area contributed by atoms with Gasteiger partial charge in [-0.2, -0.15) is 5.10 Å². The van der Waals surface area contributed by atoms with Gasteiger partial charge in [0.1, 0.15) is 17.6 Å². The number of aryl methyl sites for hydroxylation is 2. The van der Waals surface area contributed by atoms with E-state index in [0.29, 0.717) is 19.4 Å². The van der Waals surface area contributed by atoms with Crippen molar-refractivity contribution in [1.82, 2.24) is 20.3 Å². The topological polar surface area (TPSA) is 86.1 Å². The summed E-state index contributed by atoms with van der Waals surface area (Å²) in [6, 6.07) is 5.38. The van der Waals surface area contributed by atoms with Crippen molar-refractivity contribution in [2.75, 3.05) is 6.54 Å². The highest BCUT2D eigenvalue weighted by Gasteiger charge is 2.18. The van der Waals surface area contributed by atoms with Crippen molar-refractivity contribution in [3.8, 4) is 0 Å². The van der Waals surface area contributed by atoms with Crippen LogP contribution in [0.4, 0.5) is 0 Å². The Hall–Kier alpha value is -2.83. The molecule has 7 heteroatoms. The minimum absolute atomic E-state index is 0.0290. The number of furan rings is 1. The summed E-state index contributed by atoms with van der Waals surface area (Å²) in [5, 5.41) is 11.1. The van der Waals surface area contributed by atoms with E-state index in [1.54, 1.807) is 17.1 Å². The number of nitrogens with one attached hydrogen (secondary N) is 1. The fourth-order valence-electron chi connectivity index (χ4n) is 2.67. The van der Waals surface area contributed by atoms with Crippen LogP contribution in [0.3, 0.4) is 0 Å². The first kappa shape index (κ1) is 16.0. The number of carbonyl (C=O) groups is 1. The van der Waals surface area contributed by atoms with E-state index in [4.69, 9.17) is 8.94 Å². The SMILES string of the molecule is Cc1noc(C)c1CCC(=O)NCC(c1ccco1)n1cccn1. The van der Waals surface area contributed by atoms with Crippen LogP contribution in [0.2, 0.25) is 0 Å². The van der Waals surface area contributed by atoms with E-state index in [9.17, 15) is 4.79 Å². The van der Waals surface area contributed by atoms with Crippen molar-refractivity contribution in [2.24, 2.45) is 0 Å². The predicted molar refractivity (Wildman–Crippen MR) is 86.4 cm³/mol. The van der Waals surface area contributed by atoms with Crippen LogP contribution in [0.1, 0.15) is 35.2 Å². The highest BCUT2D eigenvalue weighted by Crippen LogP contribution is 2.18. The molecule has 126 valence electrons. The minimum atomic E-state index is -0.169. The van der Waals surface area contributed by atoms with Crippen LogP contribution < -0.4 is 5.32 Å². The van der Waals surface area contributed by atoms with Gasteiger partial charge in [0.25, 0.3) is 0 Å². The van der Waals surface area contributed by atoms with Crippen LogP contribution in [-0.2, 0) is 11.2 Å². The molecule has 3 aromatic heterocycles. The lowest BCUT2D eigenvalue weighted by Gasteiger charge is -2.16. The van der Waals surface area contributed by atoms with E-state index in [-0.39, 0.29) is 11.9 Å². The number of hydrogen-bond donors (Lipinski definition) is 1. The molecule has 1 atom stereocenters. The smallest absolute Gasteiger partial charge is 0.220 e. The Morgan fingerprint density at radius 2 is 2.25 bits per heavy atom. The predicted octanol–water partition coefficient (Wildman–Crippen LogP) is 2.42. The highest BCUT2D eigenvalue weighted by molar-refractivity contribution is 5.76. The summed E-state index contributed by atoms with van der Waals surface area (Å²) in [7, 11) is 0. The normalized spacial score (nSPS) is 12.2. The van der Waals surface area contributed by atoms with Crippen LogP contribution >= 0.6 is 0 Å². The van der Waals surface area contributed by atoms with Gasteiger partial charge in [0, 0.05) is 30.9 Å². The van der Waals surface area contributed by atoms with Gasteiger partial charge in [0.05, 0.1) is 12.0 Å². The molecular formula is C17H20N4O3. The largest absolute Gasteiger partial charge is 0.467 e. The van der Waals surface area contributed by atoms with Crippen molar-refractivity contribution >= 4 is 5.91 Å². The molecule has 0 aliphatic rings. The van der Waals surface area contributed by atoms with Gasteiger partial charge < -0.3 is 14.3 Å². The van der Waals surface area contributed by atoms with Gasteiger partial charge >= 0.3 is 0 Å². The van der Waals surface area contributed by atoms with Gasteiger partial charge in [-0.25, -0.2) is 0 Å². The van der Waals surface area contributed by atoms with Crippen LogP contribution in [0.15, 0.2) is 45.8 Å². The quantitative estimate of drug-likeness (QED) is 0.720. The van der Waals surface area contributed by atoms with Gasteiger partial charge in [0.2, 0.25) is 5.91 Å². The number of aromatic nitrogens is 3. The van der Waals surface area contributed by atoms with Crippen molar-refractivity contribution < 1.29 is 13.7 Å². The Bertz CT molecular complexity index is 721. The first-order valence-electron chi connectivity index (χ1n) is 7.86. The summed E-state index contributed by atoms with van der Waals surface area (Å²) in [6.07, 6.45) is 6.16. The molecule has 1 unspecified atom stereocenters. The Kier molecular flexibility index (Phi) is 4.79. The van der Waals surface area contributed by atoms with E-state index in [1.165, 1.54) is 0 Å². The third kappa shape index (κ3) is 3.56. The van der Waals surface area contributed by atoms with Gasteiger partial charge in [-0.15, -0.1) is 0 Å². The zero-order chi connectivity index (χ0) is 16.9. The summed E-state index contributed by atoms with van der Waals surface area (Å²) in [6.45, 7) is 4.15. The van der Waals surface area contributed by atoms with E-state index in [0.717, 1.165) is 22.8 Å². The molecule has 0 spiro atoms. The molecule has 3 aromatic rings. The third-order valence-corrected chi connectivity index (χ3v) is 3.99. The molecule has 0 radical (unpaired) electrons. The standard InChI is InChI=1S/C17H20N4O3/c1-12-14(13(2)24-20-12)6-7-17(22)18-11-15(16-5-3-10-23-16)21-9-4-8-19-21/h3-5,8-10,15H,6-7,11H2,1-2H3,(H,18,22). The molecule has 3 rings (SSSR count). The average molecular weight is 328 g/mol. The molecule has 0 bridgehead atoms. The summed E-state index contributed by atoms with van der Waals surface area (Å²) in [5.74, 6) is 1.49.